The van der Waals surface area contributed by atoms with Crippen LogP contribution in [-0.2, 0) is 9.59 Å². The molecule has 1 fully saturated rings. The molecule has 0 aromatic heterocycles. The molecule has 0 spiro atoms. The summed E-state index contributed by atoms with van der Waals surface area (Å²) >= 11 is 0. The first-order valence-electron chi connectivity index (χ1n) is 9.08. The first-order valence-corrected chi connectivity index (χ1v) is 9.08. The van der Waals surface area contributed by atoms with Crippen LogP contribution < -0.4 is 4.74 Å². The second-order valence-electron chi connectivity index (χ2n) is 6.52. The van der Waals surface area contributed by atoms with Crippen LogP contribution in [0.4, 0.5) is 4.39 Å². The molecule has 1 amide bonds. The van der Waals surface area contributed by atoms with Gasteiger partial charge >= 0.3 is 5.97 Å². The molecule has 1 aliphatic heterocycles. The fourth-order valence-electron chi connectivity index (χ4n) is 3.18. The number of hydrogen-bond donors (Lipinski definition) is 1. The first-order chi connectivity index (χ1) is 12.4. The van der Waals surface area contributed by atoms with Gasteiger partial charge in [0.15, 0.2) is 0 Å². The zero-order chi connectivity index (χ0) is 19.1. The summed E-state index contributed by atoms with van der Waals surface area (Å²) in [6, 6.07) is 3.07. The molecule has 1 aliphatic rings. The normalized spacial score (nSPS) is 16.8. The molecule has 1 atom stereocenters. The highest BCUT2D eigenvalue weighted by Crippen LogP contribution is 2.31. The summed E-state index contributed by atoms with van der Waals surface area (Å²) in [5.74, 6) is -1.20. The Morgan fingerprint density at radius 3 is 2.69 bits per heavy atom. The highest BCUT2D eigenvalue weighted by Gasteiger charge is 2.32. The lowest BCUT2D eigenvalue weighted by Gasteiger charge is -2.29. The van der Waals surface area contributed by atoms with Crippen LogP contribution in [-0.4, -0.2) is 59.6 Å². The van der Waals surface area contributed by atoms with Crippen molar-refractivity contribution in [1.29, 1.82) is 0 Å². The molecular weight excluding hydrogens is 339 g/mol. The van der Waals surface area contributed by atoms with Gasteiger partial charge in [0.25, 0.3) is 0 Å². The third-order valence-corrected chi connectivity index (χ3v) is 4.60. The van der Waals surface area contributed by atoms with Crippen LogP contribution in [0.2, 0.25) is 0 Å². The number of aliphatic carboxylic acids is 1. The number of nitrogens with zero attached hydrogens (tertiary/aromatic N) is 2. The van der Waals surface area contributed by atoms with Crippen molar-refractivity contribution in [3.8, 4) is 5.75 Å². The topological polar surface area (TPSA) is 70.1 Å². The van der Waals surface area contributed by atoms with Crippen LogP contribution in [0.1, 0.15) is 44.7 Å². The van der Waals surface area contributed by atoms with Crippen molar-refractivity contribution in [2.45, 2.75) is 39.2 Å². The molecule has 6 nitrogen and oxygen atoms in total. The number of carbonyl (C=O) groups is 2. The number of carboxylic acids is 1. The van der Waals surface area contributed by atoms with Gasteiger partial charge in [0, 0.05) is 44.7 Å². The van der Waals surface area contributed by atoms with Crippen molar-refractivity contribution in [2.24, 2.45) is 0 Å². The number of amides is 1. The number of carboxylic acid groups (broad SMARTS) is 1. The summed E-state index contributed by atoms with van der Waals surface area (Å²) in [7, 11) is 0. The molecule has 0 radical (unpaired) electrons. The van der Waals surface area contributed by atoms with Gasteiger partial charge < -0.3 is 14.7 Å². The van der Waals surface area contributed by atoms with Crippen LogP contribution >= 0.6 is 0 Å². The molecule has 1 aromatic carbocycles. The number of rotatable bonds is 7. The Hall–Kier alpha value is -2.15. The van der Waals surface area contributed by atoms with Crippen LogP contribution in [0.25, 0.3) is 0 Å². The standard InChI is InChI=1S/C19H27FN2O4/c1-3-4-12-26-17-13-15(20)6-7-16(17)18(19(24)25)22-9-5-8-21(10-11-22)14(2)23/h6-7,13,18H,3-5,8-12H2,1-2H3,(H,24,25)/t18-/m0/s1. The molecule has 1 N–H and O–H groups in total. The molecule has 26 heavy (non-hydrogen) atoms. The van der Waals surface area contributed by atoms with Gasteiger partial charge in [0.05, 0.1) is 6.61 Å². The van der Waals surface area contributed by atoms with Gasteiger partial charge in [-0.05, 0) is 18.9 Å². The van der Waals surface area contributed by atoms with E-state index in [1.807, 2.05) is 11.8 Å². The number of unbranched alkanes of at least 4 members (excludes halogenated alkanes) is 1. The fourth-order valence-corrected chi connectivity index (χ4v) is 3.18. The van der Waals surface area contributed by atoms with Crippen LogP contribution in [0.3, 0.4) is 0 Å². The second kappa shape index (κ2) is 9.52. The zero-order valence-electron chi connectivity index (χ0n) is 15.4. The fraction of sp³-hybridized carbons (Fsp3) is 0.579. The van der Waals surface area contributed by atoms with E-state index < -0.39 is 17.8 Å². The van der Waals surface area contributed by atoms with Crippen molar-refractivity contribution in [3.63, 3.8) is 0 Å². The lowest BCUT2D eigenvalue weighted by Crippen LogP contribution is -2.38. The third kappa shape index (κ3) is 5.17. The Kier molecular flexibility index (Phi) is 7.38. The molecule has 2 rings (SSSR count). The van der Waals surface area contributed by atoms with Gasteiger partial charge in [-0.1, -0.05) is 19.4 Å². The molecule has 1 aromatic rings. The van der Waals surface area contributed by atoms with Crippen LogP contribution in [0.15, 0.2) is 18.2 Å². The van der Waals surface area contributed by atoms with E-state index in [0.29, 0.717) is 44.8 Å². The first kappa shape index (κ1) is 20.2. The smallest absolute Gasteiger partial charge is 0.325 e. The van der Waals surface area contributed by atoms with Crippen molar-refractivity contribution >= 4 is 11.9 Å². The molecule has 0 saturated carbocycles. The zero-order valence-corrected chi connectivity index (χ0v) is 15.4. The van der Waals surface area contributed by atoms with Gasteiger partial charge in [-0.3, -0.25) is 14.5 Å². The maximum atomic E-state index is 13.7. The summed E-state index contributed by atoms with van der Waals surface area (Å²) in [6.07, 6.45) is 2.43. The maximum absolute atomic E-state index is 13.7. The third-order valence-electron chi connectivity index (χ3n) is 4.60. The SMILES string of the molecule is CCCCOc1cc(F)ccc1[C@@H](C(=O)O)N1CCCN(C(C)=O)CC1. The Morgan fingerprint density at radius 1 is 1.27 bits per heavy atom. The number of ether oxygens (including phenoxy) is 1. The summed E-state index contributed by atoms with van der Waals surface area (Å²) in [6.45, 7) is 6.04. The van der Waals surface area contributed by atoms with E-state index in [-0.39, 0.29) is 11.7 Å². The minimum atomic E-state index is -1.01. The molecule has 0 bridgehead atoms. The van der Waals surface area contributed by atoms with E-state index in [9.17, 15) is 19.1 Å². The largest absolute Gasteiger partial charge is 0.493 e. The Balaban J connectivity index is 2.26. The van der Waals surface area contributed by atoms with Gasteiger partial charge in [-0.25, -0.2) is 4.39 Å². The monoisotopic (exact) mass is 366 g/mol. The molecule has 0 aliphatic carbocycles. The van der Waals surface area contributed by atoms with Crippen LogP contribution in [0.5, 0.6) is 5.75 Å². The Bertz CT molecular complexity index is 638. The number of carbonyl (C=O) groups excluding carboxylic acids is 1. The van der Waals surface area contributed by atoms with Crippen molar-refractivity contribution in [1.82, 2.24) is 9.80 Å². The van der Waals surface area contributed by atoms with Gasteiger partial charge in [0.2, 0.25) is 5.91 Å². The van der Waals surface area contributed by atoms with Crippen molar-refractivity contribution in [2.75, 3.05) is 32.8 Å². The molecule has 7 heteroatoms. The number of halogens is 1. The highest BCUT2D eigenvalue weighted by molar-refractivity contribution is 5.77. The predicted octanol–water partition coefficient (Wildman–Crippen LogP) is 2.68. The van der Waals surface area contributed by atoms with E-state index in [1.165, 1.54) is 25.1 Å². The summed E-state index contributed by atoms with van der Waals surface area (Å²) in [5, 5.41) is 9.84. The van der Waals surface area contributed by atoms with Crippen LogP contribution in [0, 0.1) is 5.82 Å². The minimum absolute atomic E-state index is 0.0101. The minimum Gasteiger partial charge on any atom is -0.493 e. The van der Waals surface area contributed by atoms with Crippen molar-refractivity contribution in [3.05, 3.63) is 29.6 Å². The van der Waals surface area contributed by atoms with E-state index in [0.717, 1.165) is 12.8 Å². The lowest BCUT2D eigenvalue weighted by atomic mass is 10.0. The second-order valence-corrected chi connectivity index (χ2v) is 6.52. The Morgan fingerprint density at radius 2 is 2.04 bits per heavy atom. The lowest BCUT2D eigenvalue weighted by molar-refractivity contribution is -0.143. The Labute approximate surface area is 153 Å². The van der Waals surface area contributed by atoms with E-state index >= 15 is 0 Å². The average Bonchev–Trinajstić information content (AvgIpc) is 2.83. The highest BCUT2D eigenvalue weighted by atomic mass is 19.1. The number of hydrogen-bond acceptors (Lipinski definition) is 4. The molecule has 144 valence electrons. The molecule has 1 heterocycles. The van der Waals surface area contributed by atoms with E-state index in [2.05, 4.69) is 0 Å². The summed E-state index contributed by atoms with van der Waals surface area (Å²) in [4.78, 5) is 27.2. The van der Waals surface area contributed by atoms with Gasteiger partial charge in [-0.15, -0.1) is 0 Å². The summed E-state index contributed by atoms with van der Waals surface area (Å²) < 4.78 is 19.4. The van der Waals surface area contributed by atoms with E-state index in [4.69, 9.17) is 4.74 Å². The van der Waals surface area contributed by atoms with Crippen molar-refractivity contribution < 1.29 is 23.8 Å². The van der Waals surface area contributed by atoms with Gasteiger partial charge in [-0.2, -0.15) is 0 Å². The average molecular weight is 366 g/mol. The molecular formula is C19H27FN2O4. The van der Waals surface area contributed by atoms with E-state index in [1.54, 1.807) is 4.90 Å². The predicted molar refractivity (Wildman–Crippen MR) is 95.6 cm³/mol. The molecule has 0 unspecified atom stereocenters. The maximum Gasteiger partial charge on any atom is 0.325 e. The quantitative estimate of drug-likeness (QED) is 0.752. The number of benzene rings is 1. The summed E-state index contributed by atoms with van der Waals surface area (Å²) in [5.41, 5.74) is 0.450. The van der Waals surface area contributed by atoms with Gasteiger partial charge in [0.1, 0.15) is 17.6 Å². The molecule has 1 saturated heterocycles.